The first-order chi connectivity index (χ1) is 16.1. The largest absolute Gasteiger partial charge is 0.438 e. The average molecular weight is 499 g/mol. The molecule has 2 aromatic heterocycles. The molecule has 0 unspecified atom stereocenters. The lowest BCUT2D eigenvalue weighted by molar-refractivity contribution is -0.126. The third kappa shape index (κ3) is 4.89. The van der Waals surface area contributed by atoms with Gasteiger partial charge in [-0.05, 0) is 62.1 Å². The molecule has 0 bridgehead atoms. The van der Waals surface area contributed by atoms with Crippen molar-refractivity contribution in [1.82, 2.24) is 9.13 Å². The lowest BCUT2D eigenvalue weighted by Gasteiger charge is -2.02. The van der Waals surface area contributed by atoms with Crippen LogP contribution in [-0.4, -0.2) is 34.5 Å². The molecule has 178 valence electrons. The number of hydrogen-bond donors (Lipinski definition) is 0. The Labute approximate surface area is 204 Å². The van der Waals surface area contributed by atoms with Crippen LogP contribution in [0.3, 0.4) is 0 Å². The Balaban J connectivity index is 1.38. The SMILES string of the molecule is Cc1cc(C)c2c(c1)sc(=NC(=O)COCOC(=O)N=c1sc3cc(C)cc(C)c3n1C)n2C. The first-order valence-corrected chi connectivity index (χ1v) is 12.3. The molecule has 0 atom stereocenters. The number of carbonyl (C=O) groups excluding carboxylic acids is 2. The molecular formula is C24H26N4O4S2. The first kappa shape index (κ1) is 24.1. The average Bonchev–Trinajstić information content (AvgIpc) is 3.21. The van der Waals surface area contributed by atoms with Gasteiger partial charge in [0.1, 0.15) is 6.61 Å². The van der Waals surface area contributed by atoms with Gasteiger partial charge < -0.3 is 18.6 Å². The van der Waals surface area contributed by atoms with E-state index in [4.69, 9.17) is 9.47 Å². The predicted molar refractivity (Wildman–Crippen MR) is 134 cm³/mol. The summed E-state index contributed by atoms with van der Waals surface area (Å²) in [5.41, 5.74) is 6.65. The van der Waals surface area contributed by atoms with Crippen molar-refractivity contribution in [3.63, 3.8) is 0 Å². The summed E-state index contributed by atoms with van der Waals surface area (Å²) >= 11 is 2.86. The van der Waals surface area contributed by atoms with E-state index in [1.165, 1.54) is 22.7 Å². The highest BCUT2D eigenvalue weighted by Crippen LogP contribution is 2.23. The summed E-state index contributed by atoms with van der Waals surface area (Å²) in [6, 6.07) is 8.34. The topological polar surface area (TPSA) is 87.2 Å². The third-order valence-corrected chi connectivity index (χ3v) is 7.52. The highest BCUT2D eigenvalue weighted by molar-refractivity contribution is 7.16. The van der Waals surface area contributed by atoms with Gasteiger partial charge in [0.2, 0.25) is 0 Å². The van der Waals surface area contributed by atoms with Crippen molar-refractivity contribution in [2.24, 2.45) is 24.1 Å². The number of ether oxygens (including phenoxy) is 2. The van der Waals surface area contributed by atoms with Crippen LogP contribution in [0.2, 0.25) is 0 Å². The Hall–Kier alpha value is -3.08. The minimum Gasteiger partial charge on any atom is -0.421 e. The molecule has 0 aliphatic carbocycles. The van der Waals surface area contributed by atoms with E-state index in [-0.39, 0.29) is 13.4 Å². The lowest BCUT2D eigenvalue weighted by atomic mass is 10.1. The van der Waals surface area contributed by atoms with Crippen LogP contribution in [0.4, 0.5) is 4.79 Å². The van der Waals surface area contributed by atoms with E-state index in [1.54, 1.807) is 0 Å². The van der Waals surface area contributed by atoms with Crippen molar-refractivity contribution >= 4 is 55.1 Å². The monoisotopic (exact) mass is 498 g/mol. The van der Waals surface area contributed by atoms with E-state index in [2.05, 4.69) is 34.3 Å². The van der Waals surface area contributed by atoms with E-state index in [0.29, 0.717) is 9.60 Å². The molecule has 0 spiro atoms. The van der Waals surface area contributed by atoms with Crippen LogP contribution in [0.1, 0.15) is 22.3 Å². The number of rotatable bonds is 4. The van der Waals surface area contributed by atoms with Crippen molar-refractivity contribution in [2.75, 3.05) is 13.4 Å². The second-order valence-corrected chi connectivity index (χ2v) is 10.3. The zero-order valence-corrected chi connectivity index (χ0v) is 21.6. The summed E-state index contributed by atoms with van der Waals surface area (Å²) in [6.45, 7) is 7.46. The number of hydrogen-bond acceptors (Lipinski definition) is 6. The minimum atomic E-state index is -0.775. The Bertz CT molecular complexity index is 1450. The summed E-state index contributed by atoms with van der Waals surface area (Å²) in [5, 5.41) is 0. The van der Waals surface area contributed by atoms with Crippen molar-refractivity contribution in [2.45, 2.75) is 27.7 Å². The Kier molecular flexibility index (Phi) is 6.83. The maximum Gasteiger partial charge on any atom is 0.438 e. The quantitative estimate of drug-likeness (QED) is 0.312. The highest BCUT2D eigenvalue weighted by atomic mass is 32.1. The zero-order valence-electron chi connectivity index (χ0n) is 20.0. The number of benzene rings is 2. The number of carbonyl (C=O) groups is 2. The van der Waals surface area contributed by atoms with Crippen molar-refractivity contribution in [1.29, 1.82) is 0 Å². The van der Waals surface area contributed by atoms with Crippen LogP contribution in [0, 0.1) is 27.7 Å². The minimum absolute atomic E-state index is 0.297. The molecule has 2 amide bonds. The molecule has 2 heterocycles. The molecule has 0 aliphatic rings. The fourth-order valence-corrected chi connectivity index (χ4v) is 6.44. The molecule has 0 fully saturated rings. The van der Waals surface area contributed by atoms with Crippen LogP contribution in [-0.2, 0) is 28.4 Å². The van der Waals surface area contributed by atoms with Gasteiger partial charge in [-0.1, -0.05) is 34.8 Å². The Morgan fingerprint density at radius 1 is 0.824 bits per heavy atom. The summed E-state index contributed by atoms with van der Waals surface area (Å²) in [5.74, 6) is -0.453. The van der Waals surface area contributed by atoms with E-state index >= 15 is 0 Å². The number of aryl methyl sites for hydroxylation is 6. The van der Waals surface area contributed by atoms with Gasteiger partial charge in [0.05, 0.1) is 20.4 Å². The van der Waals surface area contributed by atoms with E-state index in [0.717, 1.165) is 42.7 Å². The molecule has 10 heteroatoms. The second-order valence-electron chi connectivity index (χ2n) is 8.24. The van der Waals surface area contributed by atoms with Crippen LogP contribution in [0.5, 0.6) is 0 Å². The number of fused-ring (bicyclic) bond motifs is 2. The van der Waals surface area contributed by atoms with Gasteiger partial charge in [-0.3, -0.25) is 4.79 Å². The van der Waals surface area contributed by atoms with Crippen LogP contribution >= 0.6 is 22.7 Å². The summed E-state index contributed by atoms with van der Waals surface area (Å²) < 4.78 is 16.1. The van der Waals surface area contributed by atoms with Crippen molar-refractivity contribution < 1.29 is 19.1 Å². The number of aromatic nitrogens is 2. The van der Waals surface area contributed by atoms with Gasteiger partial charge in [-0.2, -0.15) is 4.99 Å². The molecule has 0 aliphatic heterocycles. The predicted octanol–water partition coefficient (Wildman–Crippen LogP) is 4.17. The highest BCUT2D eigenvalue weighted by Gasteiger charge is 2.10. The van der Waals surface area contributed by atoms with Gasteiger partial charge in [-0.15, -0.1) is 4.99 Å². The standard InChI is InChI=1S/C24H26N4O4S2/c1-13-7-15(3)20-17(9-13)33-22(27(20)5)25-19(29)11-31-12-32-24(30)26-23-28(6)21-16(4)8-14(2)10-18(21)34-23/h7-10H,11-12H2,1-6H3. The molecule has 34 heavy (non-hydrogen) atoms. The van der Waals surface area contributed by atoms with Crippen molar-refractivity contribution in [3.05, 3.63) is 56.1 Å². The van der Waals surface area contributed by atoms with Gasteiger partial charge in [0, 0.05) is 14.1 Å². The Morgan fingerprint density at radius 2 is 1.32 bits per heavy atom. The first-order valence-electron chi connectivity index (χ1n) is 10.6. The molecule has 8 nitrogen and oxygen atoms in total. The molecule has 4 aromatic rings. The second kappa shape index (κ2) is 9.65. The smallest absolute Gasteiger partial charge is 0.421 e. The van der Waals surface area contributed by atoms with E-state index in [1.807, 2.05) is 50.9 Å². The Morgan fingerprint density at radius 3 is 1.85 bits per heavy atom. The molecule has 0 saturated heterocycles. The number of amides is 2. The van der Waals surface area contributed by atoms with Crippen molar-refractivity contribution in [3.8, 4) is 0 Å². The van der Waals surface area contributed by atoms with E-state index in [9.17, 15) is 9.59 Å². The molecule has 4 rings (SSSR count). The third-order valence-electron chi connectivity index (χ3n) is 5.37. The molecule has 0 N–H and O–H groups in total. The fourth-order valence-electron chi connectivity index (χ4n) is 4.05. The van der Waals surface area contributed by atoms with Crippen LogP contribution in [0.15, 0.2) is 34.3 Å². The molecule has 0 saturated carbocycles. The van der Waals surface area contributed by atoms with Gasteiger partial charge in [0.25, 0.3) is 5.91 Å². The maximum absolute atomic E-state index is 12.3. The summed E-state index contributed by atoms with van der Waals surface area (Å²) in [4.78, 5) is 33.7. The molecule has 0 radical (unpaired) electrons. The fraction of sp³-hybridized carbons (Fsp3) is 0.333. The van der Waals surface area contributed by atoms with Gasteiger partial charge in [0.15, 0.2) is 16.4 Å². The van der Waals surface area contributed by atoms with Gasteiger partial charge in [-0.25, -0.2) is 4.79 Å². The molecular weight excluding hydrogens is 472 g/mol. The maximum atomic E-state index is 12.3. The van der Waals surface area contributed by atoms with Crippen LogP contribution < -0.4 is 9.60 Å². The van der Waals surface area contributed by atoms with E-state index < -0.39 is 12.0 Å². The van der Waals surface area contributed by atoms with Gasteiger partial charge >= 0.3 is 6.09 Å². The summed E-state index contributed by atoms with van der Waals surface area (Å²) in [7, 11) is 3.75. The normalized spacial score (nSPS) is 12.8. The lowest BCUT2D eigenvalue weighted by Crippen LogP contribution is -2.18. The summed E-state index contributed by atoms with van der Waals surface area (Å²) in [6.07, 6.45) is -0.775. The number of thiazole rings is 2. The van der Waals surface area contributed by atoms with Crippen LogP contribution in [0.25, 0.3) is 20.4 Å². The number of nitrogens with zero attached hydrogens (tertiary/aromatic N) is 4. The zero-order chi connectivity index (χ0) is 24.6. The molecule has 2 aromatic carbocycles.